The van der Waals surface area contributed by atoms with E-state index in [9.17, 15) is 23.8 Å². The minimum atomic E-state index is -1.27. The van der Waals surface area contributed by atoms with Crippen LogP contribution in [0.25, 0.3) is 0 Å². The summed E-state index contributed by atoms with van der Waals surface area (Å²) in [7, 11) is 0. The summed E-state index contributed by atoms with van der Waals surface area (Å²) in [5, 5.41) is 22.0. The first kappa shape index (κ1) is 19.4. The molecule has 0 spiro atoms. The van der Waals surface area contributed by atoms with Gasteiger partial charge in [-0.3, -0.25) is 9.69 Å². The average Bonchev–Trinajstić information content (AvgIpc) is 3.00. The Morgan fingerprint density at radius 2 is 1.53 bits per heavy atom. The van der Waals surface area contributed by atoms with Gasteiger partial charge in [-0.15, -0.1) is 0 Å². The van der Waals surface area contributed by atoms with E-state index in [1.807, 2.05) is 18.2 Å². The largest absolute Gasteiger partial charge is 0.503 e. The second-order valence-corrected chi connectivity index (χ2v) is 6.49. The van der Waals surface area contributed by atoms with Gasteiger partial charge in [0.25, 0.3) is 5.91 Å². The number of para-hydroxylation sites is 1. The molecule has 30 heavy (non-hydrogen) atoms. The van der Waals surface area contributed by atoms with Crippen LogP contribution in [0, 0.1) is 11.6 Å². The molecule has 1 heterocycles. The van der Waals surface area contributed by atoms with Gasteiger partial charge in [-0.05, 0) is 42.5 Å². The maximum atomic E-state index is 13.5. The number of anilines is 2. The molecule has 0 aliphatic carbocycles. The van der Waals surface area contributed by atoms with E-state index < -0.39 is 29.5 Å². The van der Waals surface area contributed by atoms with Crippen molar-refractivity contribution in [2.45, 2.75) is 6.23 Å². The molecule has 3 aromatic rings. The third-order valence-electron chi connectivity index (χ3n) is 4.42. The standard InChI is InChI=1S/C22H16F2N2O4/c23-17-10-13(11-18(24)21(17)28)25-19-12-20(27)26(22(19)29)14-6-8-16(9-7-14)30-15-4-2-1-3-5-15/h1-12,20,25,27-28H. The monoisotopic (exact) mass is 410 g/mol. The van der Waals surface area contributed by atoms with Gasteiger partial charge >= 0.3 is 0 Å². The van der Waals surface area contributed by atoms with E-state index in [4.69, 9.17) is 4.74 Å². The predicted octanol–water partition coefficient (Wildman–Crippen LogP) is 4.12. The van der Waals surface area contributed by atoms with Crippen molar-refractivity contribution in [2.24, 2.45) is 0 Å². The van der Waals surface area contributed by atoms with Crippen molar-refractivity contribution in [2.75, 3.05) is 10.2 Å². The number of amides is 1. The molecule has 0 radical (unpaired) electrons. The zero-order valence-corrected chi connectivity index (χ0v) is 15.4. The Morgan fingerprint density at radius 3 is 2.17 bits per heavy atom. The number of benzene rings is 3. The number of halogens is 2. The summed E-state index contributed by atoms with van der Waals surface area (Å²) >= 11 is 0. The smallest absolute Gasteiger partial charge is 0.276 e. The van der Waals surface area contributed by atoms with E-state index in [1.165, 1.54) is 6.08 Å². The number of nitrogens with zero attached hydrogens (tertiary/aromatic N) is 1. The first-order valence-electron chi connectivity index (χ1n) is 8.94. The number of ether oxygens (including phenoxy) is 1. The lowest BCUT2D eigenvalue weighted by molar-refractivity contribution is -0.115. The fourth-order valence-corrected chi connectivity index (χ4v) is 3.00. The van der Waals surface area contributed by atoms with E-state index in [0.29, 0.717) is 17.2 Å². The number of aliphatic hydroxyl groups excluding tert-OH is 1. The van der Waals surface area contributed by atoms with Gasteiger partial charge < -0.3 is 20.3 Å². The van der Waals surface area contributed by atoms with Crippen LogP contribution in [0.4, 0.5) is 20.2 Å². The van der Waals surface area contributed by atoms with Gasteiger partial charge in [-0.1, -0.05) is 18.2 Å². The van der Waals surface area contributed by atoms with Crippen molar-refractivity contribution < 1.29 is 28.5 Å². The van der Waals surface area contributed by atoms with Crippen LogP contribution in [-0.4, -0.2) is 22.3 Å². The number of hydrogen-bond acceptors (Lipinski definition) is 5. The molecule has 3 N–H and O–H groups in total. The molecule has 1 aliphatic rings. The summed E-state index contributed by atoms with van der Waals surface area (Å²) in [6.07, 6.45) is -0.0490. The SMILES string of the molecule is O=C1C(Nc2cc(F)c(O)c(F)c2)=CC(O)N1c1ccc(Oc2ccccc2)cc1. The summed E-state index contributed by atoms with van der Waals surface area (Å²) in [5.41, 5.74) is 0.267. The number of phenolic OH excluding ortho intramolecular Hbond substituents is 1. The lowest BCUT2D eigenvalue weighted by Gasteiger charge is -2.21. The van der Waals surface area contributed by atoms with Crippen molar-refractivity contribution in [3.63, 3.8) is 0 Å². The molecule has 0 aromatic heterocycles. The molecule has 1 atom stereocenters. The lowest BCUT2D eigenvalue weighted by Crippen LogP contribution is -2.35. The first-order valence-corrected chi connectivity index (χ1v) is 8.94. The third-order valence-corrected chi connectivity index (χ3v) is 4.42. The summed E-state index contributed by atoms with van der Waals surface area (Å²) in [4.78, 5) is 13.8. The second-order valence-electron chi connectivity index (χ2n) is 6.49. The minimum Gasteiger partial charge on any atom is -0.503 e. The molecule has 6 nitrogen and oxygen atoms in total. The summed E-state index contributed by atoms with van der Waals surface area (Å²) in [6, 6.07) is 17.4. The van der Waals surface area contributed by atoms with Gasteiger partial charge in [0.2, 0.25) is 0 Å². The van der Waals surface area contributed by atoms with E-state index >= 15 is 0 Å². The summed E-state index contributed by atoms with van der Waals surface area (Å²) < 4.78 is 32.7. The van der Waals surface area contributed by atoms with Crippen LogP contribution in [0.2, 0.25) is 0 Å². The molecule has 0 bridgehead atoms. The first-order chi connectivity index (χ1) is 14.4. The van der Waals surface area contributed by atoms with E-state index in [0.717, 1.165) is 17.0 Å². The number of carbonyl (C=O) groups excluding carboxylic acids is 1. The Balaban J connectivity index is 1.49. The van der Waals surface area contributed by atoms with Crippen molar-refractivity contribution in [1.29, 1.82) is 0 Å². The average molecular weight is 410 g/mol. The van der Waals surface area contributed by atoms with Crippen molar-refractivity contribution >= 4 is 17.3 Å². The third kappa shape index (κ3) is 3.81. The maximum Gasteiger partial charge on any atom is 0.276 e. The topological polar surface area (TPSA) is 82.0 Å². The van der Waals surface area contributed by atoms with Crippen molar-refractivity contribution in [1.82, 2.24) is 0 Å². The molecule has 1 aliphatic heterocycles. The molecule has 0 fully saturated rings. The molecular weight excluding hydrogens is 394 g/mol. The zero-order chi connectivity index (χ0) is 21.3. The highest BCUT2D eigenvalue weighted by molar-refractivity contribution is 6.10. The Kier molecular flexibility index (Phi) is 5.07. The second kappa shape index (κ2) is 7.84. The van der Waals surface area contributed by atoms with Crippen LogP contribution in [0.3, 0.4) is 0 Å². The Hall–Kier alpha value is -3.91. The quantitative estimate of drug-likeness (QED) is 0.551. The van der Waals surface area contributed by atoms with E-state index in [-0.39, 0.29) is 11.4 Å². The van der Waals surface area contributed by atoms with Crippen LogP contribution in [-0.2, 0) is 4.79 Å². The van der Waals surface area contributed by atoms with Gasteiger partial charge in [0.05, 0.1) is 0 Å². The van der Waals surface area contributed by atoms with Crippen molar-refractivity contribution in [3.8, 4) is 17.2 Å². The highest BCUT2D eigenvalue weighted by atomic mass is 19.1. The molecule has 152 valence electrons. The zero-order valence-electron chi connectivity index (χ0n) is 15.4. The van der Waals surface area contributed by atoms with Crippen LogP contribution < -0.4 is 15.0 Å². The van der Waals surface area contributed by atoms with Crippen LogP contribution in [0.5, 0.6) is 17.2 Å². The molecule has 0 saturated heterocycles. The maximum absolute atomic E-state index is 13.5. The van der Waals surface area contributed by atoms with Gasteiger partial charge in [0.15, 0.2) is 23.6 Å². The Bertz CT molecular complexity index is 1090. The molecule has 4 rings (SSSR count). The lowest BCUT2D eigenvalue weighted by atomic mass is 10.2. The molecule has 8 heteroatoms. The molecule has 1 unspecified atom stereocenters. The fourth-order valence-electron chi connectivity index (χ4n) is 3.00. The van der Waals surface area contributed by atoms with Crippen molar-refractivity contribution in [3.05, 3.63) is 90.1 Å². The van der Waals surface area contributed by atoms with Gasteiger partial charge in [0.1, 0.15) is 17.2 Å². The molecular formula is C22H16F2N2O4. The number of carbonyl (C=O) groups is 1. The highest BCUT2D eigenvalue weighted by Crippen LogP contribution is 2.30. The van der Waals surface area contributed by atoms with Gasteiger partial charge in [-0.2, -0.15) is 0 Å². The number of nitrogens with one attached hydrogen (secondary N) is 1. The summed E-state index contributed by atoms with van der Waals surface area (Å²) in [6.45, 7) is 0. The number of phenols is 1. The van der Waals surface area contributed by atoms with Gasteiger partial charge in [0, 0.05) is 23.5 Å². The van der Waals surface area contributed by atoms with Crippen LogP contribution in [0.15, 0.2) is 78.5 Å². The number of rotatable bonds is 5. The predicted molar refractivity (Wildman–Crippen MR) is 106 cm³/mol. The van der Waals surface area contributed by atoms with E-state index in [1.54, 1.807) is 36.4 Å². The number of hydrogen-bond donors (Lipinski definition) is 3. The van der Waals surface area contributed by atoms with Gasteiger partial charge in [-0.25, -0.2) is 8.78 Å². The highest BCUT2D eigenvalue weighted by Gasteiger charge is 2.32. The number of aromatic hydroxyl groups is 1. The fraction of sp³-hybridized carbons (Fsp3) is 0.0455. The molecule has 1 amide bonds. The normalized spacial score (nSPS) is 15.8. The van der Waals surface area contributed by atoms with Crippen LogP contribution >= 0.6 is 0 Å². The minimum absolute atomic E-state index is 0.0587. The molecule has 0 saturated carbocycles. The van der Waals surface area contributed by atoms with Crippen LogP contribution in [0.1, 0.15) is 0 Å². The summed E-state index contributed by atoms with van der Waals surface area (Å²) in [5.74, 6) is -2.83. The molecule has 3 aromatic carbocycles. The number of aliphatic hydroxyl groups is 1. The Labute approximate surface area is 170 Å². The Morgan fingerprint density at radius 1 is 0.933 bits per heavy atom. The van der Waals surface area contributed by atoms with E-state index in [2.05, 4.69) is 5.32 Å².